The third-order valence-electron chi connectivity index (χ3n) is 3.74. The molecule has 0 aromatic heterocycles. The lowest BCUT2D eigenvalue weighted by atomic mass is 9.93. The van der Waals surface area contributed by atoms with Gasteiger partial charge >= 0.3 is 0 Å². The van der Waals surface area contributed by atoms with Gasteiger partial charge in [0.2, 0.25) is 0 Å². The molecule has 2 atom stereocenters. The highest BCUT2D eigenvalue weighted by atomic mass is 35.5. The van der Waals surface area contributed by atoms with Crippen molar-refractivity contribution in [3.63, 3.8) is 0 Å². The summed E-state index contributed by atoms with van der Waals surface area (Å²) in [4.78, 5) is 0. The number of hydrogen-bond donors (Lipinski definition) is 1. The van der Waals surface area contributed by atoms with Crippen molar-refractivity contribution >= 4 is 23.2 Å². The SMILES string of the molecule is CC(C)NCC1(c2c(Cl)cccc2Cl)CC1C. The van der Waals surface area contributed by atoms with E-state index in [1.54, 1.807) is 0 Å². The Kier molecular flexibility index (Phi) is 3.72. The number of rotatable bonds is 4. The largest absolute Gasteiger partial charge is 0.314 e. The third kappa shape index (κ3) is 2.47. The van der Waals surface area contributed by atoms with Gasteiger partial charge in [-0.1, -0.05) is 50.0 Å². The number of nitrogens with one attached hydrogen (secondary N) is 1. The molecule has 94 valence electrons. The summed E-state index contributed by atoms with van der Waals surface area (Å²) in [6, 6.07) is 6.27. The van der Waals surface area contributed by atoms with Gasteiger partial charge in [0.15, 0.2) is 0 Å². The predicted molar refractivity (Wildman–Crippen MR) is 75.1 cm³/mol. The molecule has 1 saturated carbocycles. The van der Waals surface area contributed by atoms with Crippen LogP contribution in [0.15, 0.2) is 18.2 Å². The molecule has 17 heavy (non-hydrogen) atoms. The van der Waals surface area contributed by atoms with Crippen LogP contribution in [-0.4, -0.2) is 12.6 Å². The molecule has 1 N–H and O–H groups in total. The number of halogens is 2. The molecule has 0 bridgehead atoms. The molecule has 1 aromatic rings. The van der Waals surface area contributed by atoms with Gasteiger partial charge in [-0.25, -0.2) is 0 Å². The molecule has 0 spiro atoms. The Labute approximate surface area is 114 Å². The molecule has 1 aliphatic carbocycles. The minimum absolute atomic E-state index is 0.139. The number of benzene rings is 1. The summed E-state index contributed by atoms with van der Waals surface area (Å²) < 4.78 is 0. The van der Waals surface area contributed by atoms with Gasteiger partial charge in [0.25, 0.3) is 0 Å². The van der Waals surface area contributed by atoms with Crippen LogP contribution in [0.4, 0.5) is 0 Å². The molecule has 0 aliphatic heterocycles. The molecule has 0 heterocycles. The normalized spacial score (nSPS) is 27.5. The van der Waals surface area contributed by atoms with Crippen LogP contribution in [0, 0.1) is 5.92 Å². The Balaban J connectivity index is 2.30. The highest BCUT2D eigenvalue weighted by Crippen LogP contribution is 2.57. The molecular weight excluding hydrogens is 253 g/mol. The maximum Gasteiger partial charge on any atom is 0.0459 e. The summed E-state index contributed by atoms with van der Waals surface area (Å²) in [6.45, 7) is 7.54. The maximum absolute atomic E-state index is 6.32. The highest BCUT2D eigenvalue weighted by Gasteiger charge is 2.53. The standard InChI is InChI=1S/C14H19Cl2N/c1-9(2)17-8-14(7-10(14)3)13-11(15)5-4-6-12(13)16/h4-6,9-10,17H,7-8H2,1-3H3. The second-order valence-corrected chi connectivity index (χ2v) is 6.21. The van der Waals surface area contributed by atoms with Gasteiger partial charge in [-0.15, -0.1) is 0 Å². The molecule has 1 fully saturated rings. The Bertz CT molecular complexity index is 396. The molecule has 1 nitrogen and oxygen atoms in total. The van der Waals surface area contributed by atoms with E-state index < -0.39 is 0 Å². The van der Waals surface area contributed by atoms with Gasteiger partial charge in [0.05, 0.1) is 0 Å². The lowest BCUT2D eigenvalue weighted by Crippen LogP contribution is -2.33. The van der Waals surface area contributed by atoms with Gasteiger partial charge < -0.3 is 5.32 Å². The second kappa shape index (κ2) is 4.79. The minimum atomic E-state index is 0.139. The van der Waals surface area contributed by atoms with Crippen LogP contribution in [0.3, 0.4) is 0 Å². The van der Waals surface area contributed by atoms with E-state index in [4.69, 9.17) is 23.2 Å². The van der Waals surface area contributed by atoms with Crippen molar-refractivity contribution in [1.82, 2.24) is 5.32 Å². The first-order valence-electron chi connectivity index (χ1n) is 6.15. The fourth-order valence-corrected chi connectivity index (χ4v) is 3.30. The first-order chi connectivity index (χ1) is 7.97. The quantitative estimate of drug-likeness (QED) is 0.863. The molecule has 1 aromatic carbocycles. The van der Waals surface area contributed by atoms with Crippen LogP contribution < -0.4 is 5.32 Å². The van der Waals surface area contributed by atoms with Crippen molar-refractivity contribution in [2.75, 3.05) is 6.54 Å². The van der Waals surface area contributed by atoms with Gasteiger partial charge in [-0.2, -0.15) is 0 Å². The van der Waals surface area contributed by atoms with E-state index >= 15 is 0 Å². The molecule has 3 heteroatoms. The first kappa shape index (κ1) is 13.2. The molecule has 2 unspecified atom stereocenters. The van der Waals surface area contributed by atoms with Crippen LogP contribution in [-0.2, 0) is 5.41 Å². The summed E-state index contributed by atoms with van der Waals surface area (Å²) in [5.41, 5.74) is 1.27. The summed E-state index contributed by atoms with van der Waals surface area (Å²) in [5, 5.41) is 5.11. The molecule has 0 amide bonds. The topological polar surface area (TPSA) is 12.0 Å². The van der Waals surface area contributed by atoms with Gasteiger partial charge in [0.1, 0.15) is 0 Å². The van der Waals surface area contributed by atoms with Crippen LogP contribution in [0.5, 0.6) is 0 Å². The summed E-state index contributed by atoms with van der Waals surface area (Å²) in [7, 11) is 0. The summed E-state index contributed by atoms with van der Waals surface area (Å²) in [6.07, 6.45) is 1.16. The zero-order chi connectivity index (χ0) is 12.6. The Morgan fingerprint density at radius 2 is 1.88 bits per heavy atom. The second-order valence-electron chi connectivity index (χ2n) is 5.39. The molecule has 0 radical (unpaired) electrons. The van der Waals surface area contributed by atoms with Crippen molar-refractivity contribution in [2.45, 2.75) is 38.6 Å². The molecular formula is C14H19Cl2N. The Hall–Kier alpha value is -0.240. The smallest absolute Gasteiger partial charge is 0.0459 e. The van der Waals surface area contributed by atoms with Crippen molar-refractivity contribution < 1.29 is 0 Å². The Morgan fingerprint density at radius 3 is 2.29 bits per heavy atom. The van der Waals surface area contributed by atoms with Crippen LogP contribution in [0.2, 0.25) is 10.0 Å². The van der Waals surface area contributed by atoms with Crippen LogP contribution >= 0.6 is 23.2 Å². The zero-order valence-electron chi connectivity index (χ0n) is 10.6. The summed E-state index contributed by atoms with van der Waals surface area (Å²) >= 11 is 12.6. The third-order valence-corrected chi connectivity index (χ3v) is 4.37. The fraction of sp³-hybridized carbons (Fsp3) is 0.571. The average Bonchev–Trinajstić information content (AvgIpc) is 2.87. The highest BCUT2D eigenvalue weighted by molar-refractivity contribution is 6.36. The van der Waals surface area contributed by atoms with Gasteiger partial charge in [0, 0.05) is 28.0 Å². The average molecular weight is 272 g/mol. The van der Waals surface area contributed by atoms with Crippen molar-refractivity contribution in [3.8, 4) is 0 Å². The van der Waals surface area contributed by atoms with E-state index in [0.717, 1.165) is 28.6 Å². The Morgan fingerprint density at radius 1 is 1.35 bits per heavy atom. The van der Waals surface area contributed by atoms with E-state index in [-0.39, 0.29) is 5.41 Å². The fourth-order valence-electron chi connectivity index (χ4n) is 2.53. The van der Waals surface area contributed by atoms with E-state index in [0.29, 0.717) is 12.0 Å². The summed E-state index contributed by atoms with van der Waals surface area (Å²) in [5.74, 6) is 0.645. The monoisotopic (exact) mass is 271 g/mol. The minimum Gasteiger partial charge on any atom is -0.314 e. The van der Waals surface area contributed by atoms with Gasteiger partial charge in [-0.3, -0.25) is 0 Å². The molecule has 0 saturated heterocycles. The van der Waals surface area contributed by atoms with Gasteiger partial charge in [-0.05, 0) is 30.0 Å². The molecule has 2 rings (SSSR count). The van der Waals surface area contributed by atoms with E-state index in [9.17, 15) is 0 Å². The first-order valence-corrected chi connectivity index (χ1v) is 6.91. The van der Waals surface area contributed by atoms with Crippen LogP contribution in [0.1, 0.15) is 32.8 Å². The van der Waals surface area contributed by atoms with E-state index in [1.165, 1.54) is 0 Å². The van der Waals surface area contributed by atoms with Crippen molar-refractivity contribution in [3.05, 3.63) is 33.8 Å². The van der Waals surface area contributed by atoms with E-state index in [2.05, 4.69) is 26.1 Å². The van der Waals surface area contributed by atoms with Crippen molar-refractivity contribution in [2.24, 2.45) is 5.92 Å². The van der Waals surface area contributed by atoms with E-state index in [1.807, 2.05) is 18.2 Å². The maximum atomic E-state index is 6.32. The lowest BCUT2D eigenvalue weighted by Gasteiger charge is -2.22. The van der Waals surface area contributed by atoms with Crippen LogP contribution in [0.25, 0.3) is 0 Å². The zero-order valence-corrected chi connectivity index (χ0v) is 12.1. The predicted octanol–water partition coefficient (Wildman–Crippen LogP) is 4.27. The number of hydrogen-bond acceptors (Lipinski definition) is 1. The van der Waals surface area contributed by atoms with Crippen molar-refractivity contribution in [1.29, 1.82) is 0 Å². The molecule has 1 aliphatic rings. The lowest BCUT2D eigenvalue weighted by molar-refractivity contribution is 0.499.